The Labute approximate surface area is 270 Å². The molecule has 0 spiro atoms. The number of carbonyl (C=O) groups is 2. The molecule has 0 aromatic heterocycles. The van der Waals surface area contributed by atoms with Crippen LogP contribution in [0.2, 0.25) is 0 Å². The van der Waals surface area contributed by atoms with Crippen LogP contribution < -0.4 is 14.2 Å². The molecule has 0 saturated heterocycles. The smallest absolute Gasteiger partial charge is 0.343 e. The third kappa shape index (κ3) is 14.7. The molecule has 0 unspecified atom stereocenters. The maximum absolute atomic E-state index is 13.9. The maximum atomic E-state index is 13.9. The number of ether oxygens (including phenoxy) is 4. The summed E-state index contributed by atoms with van der Waals surface area (Å²) in [5, 5.41) is 0. The van der Waals surface area contributed by atoms with Gasteiger partial charge in [-0.1, -0.05) is 84.5 Å². The summed E-state index contributed by atoms with van der Waals surface area (Å²) in [6, 6.07) is 14.1. The van der Waals surface area contributed by atoms with Crippen molar-refractivity contribution in [1.82, 2.24) is 0 Å². The Hall–Kier alpha value is -3.09. The number of hydrogen-bond acceptors (Lipinski definition) is 6. The second-order valence-corrected chi connectivity index (χ2v) is 12.4. The van der Waals surface area contributed by atoms with Crippen molar-refractivity contribution < 1.29 is 32.9 Å². The fraction of sp³-hybridized carbons (Fsp3) is 0.632. The second kappa shape index (κ2) is 21.6. The third-order valence-corrected chi connectivity index (χ3v) is 8.52. The lowest BCUT2D eigenvalue weighted by molar-refractivity contribution is -0.157. The zero-order valence-electron chi connectivity index (χ0n) is 27.6. The van der Waals surface area contributed by atoms with E-state index in [1.807, 2.05) is 19.1 Å². The Bertz CT molecular complexity index is 1080. The van der Waals surface area contributed by atoms with E-state index in [2.05, 4.69) is 6.92 Å². The summed E-state index contributed by atoms with van der Waals surface area (Å²) in [6.07, 6.45) is 16.1. The average molecular weight is 627 g/mol. The standard InChI is InChI=1S/C38H55FO6/c1-3-5-7-8-9-10-11-12-13-14-28-42-32-22-18-31(19-23-32)37(40)44-35-26-24-33(25-27-35)43-29-30-16-20-34(21-17-30)45-38(41)36(39)15-6-4-2/h18-19,22-27,30,34,36H,3-17,20-21,28-29H2,1-2H3/t30?,34?,36-/m0/s1. The summed E-state index contributed by atoms with van der Waals surface area (Å²) in [4.78, 5) is 24.6. The van der Waals surface area contributed by atoms with E-state index in [1.165, 1.54) is 57.8 Å². The molecule has 1 atom stereocenters. The van der Waals surface area contributed by atoms with Crippen molar-refractivity contribution in [1.29, 1.82) is 0 Å². The molecule has 0 bridgehead atoms. The maximum Gasteiger partial charge on any atom is 0.343 e. The Balaban J connectivity index is 1.27. The molecule has 1 fully saturated rings. The summed E-state index contributed by atoms with van der Waals surface area (Å²) in [7, 11) is 0. The molecule has 1 saturated carbocycles. The number of hydrogen-bond donors (Lipinski definition) is 0. The first kappa shape index (κ1) is 36.4. The molecule has 7 heteroatoms. The van der Waals surface area contributed by atoms with Crippen LogP contribution in [-0.4, -0.2) is 37.4 Å². The van der Waals surface area contributed by atoms with Gasteiger partial charge < -0.3 is 18.9 Å². The number of carbonyl (C=O) groups excluding carboxylic acids is 2. The molecule has 0 amide bonds. The molecule has 6 nitrogen and oxygen atoms in total. The van der Waals surface area contributed by atoms with Crippen LogP contribution in [0.3, 0.4) is 0 Å². The minimum atomic E-state index is -1.52. The molecular weight excluding hydrogens is 571 g/mol. The van der Waals surface area contributed by atoms with Crippen LogP contribution in [-0.2, 0) is 9.53 Å². The van der Waals surface area contributed by atoms with Gasteiger partial charge in [-0.2, -0.15) is 0 Å². The Morgan fingerprint density at radius 1 is 0.689 bits per heavy atom. The SMILES string of the molecule is CCCCCCCCCCCCOc1ccc(C(=O)Oc2ccc(OCC3CCC(OC(=O)[C@@H](F)CCCC)CC3)cc2)cc1. The molecular formula is C38H55FO6. The lowest BCUT2D eigenvalue weighted by Gasteiger charge is -2.28. The number of benzene rings is 2. The highest BCUT2D eigenvalue weighted by atomic mass is 19.1. The van der Waals surface area contributed by atoms with E-state index < -0.39 is 18.1 Å². The zero-order valence-corrected chi connectivity index (χ0v) is 27.6. The van der Waals surface area contributed by atoms with Crippen molar-refractivity contribution in [3.63, 3.8) is 0 Å². The number of rotatable bonds is 22. The van der Waals surface area contributed by atoms with E-state index >= 15 is 0 Å². The highest BCUT2D eigenvalue weighted by Gasteiger charge is 2.27. The van der Waals surface area contributed by atoms with Crippen molar-refractivity contribution in [3.8, 4) is 17.2 Å². The van der Waals surface area contributed by atoms with Gasteiger partial charge in [-0.25, -0.2) is 14.0 Å². The van der Waals surface area contributed by atoms with E-state index in [-0.39, 0.29) is 12.5 Å². The van der Waals surface area contributed by atoms with Gasteiger partial charge in [-0.05, 0) is 93.0 Å². The predicted octanol–water partition coefficient (Wildman–Crippen LogP) is 10.2. The highest BCUT2D eigenvalue weighted by Crippen LogP contribution is 2.28. The first-order chi connectivity index (χ1) is 22.0. The van der Waals surface area contributed by atoms with Gasteiger partial charge in [0.25, 0.3) is 0 Å². The second-order valence-electron chi connectivity index (χ2n) is 12.4. The van der Waals surface area contributed by atoms with Crippen LogP contribution in [0, 0.1) is 5.92 Å². The average Bonchev–Trinajstić information content (AvgIpc) is 3.06. The molecule has 1 aliphatic rings. The molecule has 3 rings (SSSR count). The number of alkyl halides is 1. The van der Waals surface area contributed by atoms with Crippen molar-refractivity contribution in [2.45, 2.75) is 135 Å². The third-order valence-electron chi connectivity index (χ3n) is 8.52. The summed E-state index contributed by atoms with van der Waals surface area (Å²) in [5.41, 5.74) is 0.464. The van der Waals surface area contributed by atoms with Gasteiger partial charge in [0.15, 0.2) is 6.17 Å². The monoisotopic (exact) mass is 626 g/mol. The summed E-state index contributed by atoms with van der Waals surface area (Å²) < 4.78 is 36.6. The molecule has 2 aromatic rings. The lowest BCUT2D eigenvalue weighted by Crippen LogP contribution is -2.30. The minimum Gasteiger partial charge on any atom is -0.494 e. The van der Waals surface area contributed by atoms with Gasteiger partial charge in [-0.3, -0.25) is 0 Å². The van der Waals surface area contributed by atoms with Gasteiger partial charge in [0.1, 0.15) is 23.4 Å². The van der Waals surface area contributed by atoms with E-state index in [1.54, 1.807) is 36.4 Å². The molecule has 250 valence electrons. The Morgan fingerprint density at radius 3 is 1.84 bits per heavy atom. The number of unbranched alkanes of at least 4 members (excludes halogenated alkanes) is 10. The largest absolute Gasteiger partial charge is 0.494 e. The summed E-state index contributed by atoms with van der Waals surface area (Å²) in [5.74, 6) is 1.11. The van der Waals surface area contributed by atoms with E-state index in [9.17, 15) is 14.0 Å². The van der Waals surface area contributed by atoms with Gasteiger partial charge in [0.05, 0.1) is 18.8 Å². The van der Waals surface area contributed by atoms with Gasteiger partial charge >= 0.3 is 11.9 Å². The van der Waals surface area contributed by atoms with Gasteiger partial charge in [0.2, 0.25) is 0 Å². The highest BCUT2D eigenvalue weighted by molar-refractivity contribution is 5.91. The van der Waals surface area contributed by atoms with Crippen molar-refractivity contribution in [2.24, 2.45) is 5.92 Å². The van der Waals surface area contributed by atoms with E-state index in [0.29, 0.717) is 42.6 Å². The molecule has 0 heterocycles. The van der Waals surface area contributed by atoms with Crippen molar-refractivity contribution in [3.05, 3.63) is 54.1 Å². The topological polar surface area (TPSA) is 71.1 Å². The van der Waals surface area contributed by atoms with Crippen LogP contribution in [0.25, 0.3) is 0 Å². The molecule has 0 radical (unpaired) electrons. The van der Waals surface area contributed by atoms with Gasteiger partial charge in [0, 0.05) is 0 Å². The lowest BCUT2D eigenvalue weighted by atomic mass is 9.88. The van der Waals surface area contributed by atoms with E-state index in [0.717, 1.165) is 44.3 Å². The molecule has 2 aromatic carbocycles. The van der Waals surface area contributed by atoms with Crippen LogP contribution in [0.1, 0.15) is 133 Å². The summed E-state index contributed by atoms with van der Waals surface area (Å²) >= 11 is 0. The van der Waals surface area contributed by atoms with Crippen molar-refractivity contribution >= 4 is 11.9 Å². The first-order valence-corrected chi connectivity index (χ1v) is 17.5. The van der Waals surface area contributed by atoms with Gasteiger partial charge in [-0.15, -0.1) is 0 Å². The number of halogens is 1. The van der Waals surface area contributed by atoms with Crippen LogP contribution >= 0.6 is 0 Å². The quantitative estimate of drug-likeness (QED) is 0.0736. The Kier molecular flexibility index (Phi) is 17.5. The van der Waals surface area contributed by atoms with Crippen LogP contribution in [0.15, 0.2) is 48.5 Å². The first-order valence-electron chi connectivity index (χ1n) is 17.5. The number of esters is 2. The zero-order chi connectivity index (χ0) is 32.1. The minimum absolute atomic E-state index is 0.208. The Morgan fingerprint density at radius 2 is 1.22 bits per heavy atom. The van der Waals surface area contributed by atoms with Crippen molar-refractivity contribution in [2.75, 3.05) is 13.2 Å². The van der Waals surface area contributed by atoms with Crippen LogP contribution in [0.4, 0.5) is 4.39 Å². The molecule has 0 aliphatic heterocycles. The fourth-order valence-corrected chi connectivity index (χ4v) is 5.61. The predicted molar refractivity (Wildman–Crippen MR) is 177 cm³/mol. The molecule has 45 heavy (non-hydrogen) atoms. The normalized spacial score (nSPS) is 17.0. The molecule has 0 N–H and O–H groups in total. The van der Waals surface area contributed by atoms with Crippen LogP contribution in [0.5, 0.6) is 17.2 Å². The fourth-order valence-electron chi connectivity index (χ4n) is 5.61. The summed E-state index contributed by atoms with van der Waals surface area (Å²) in [6.45, 7) is 5.46. The van der Waals surface area contributed by atoms with E-state index in [4.69, 9.17) is 18.9 Å². The molecule has 1 aliphatic carbocycles.